The van der Waals surface area contributed by atoms with E-state index in [4.69, 9.17) is 5.73 Å². The molecule has 7 nitrogen and oxygen atoms in total. The number of nitrogens with zero attached hydrogens (tertiary/aromatic N) is 4. The van der Waals surface area contributed by atoms with Gasteiger partial charge in [0, 0.05) is 11.6 Å². The molecule has 0 saturated heterocycles. The summed E-state index contributed by atoms with van der Waals surface area (Å²) in [4.78, 5) is 19.9. The van der Waals surface area contributed by atoms with Crippen molar-refractivity contribution in [1.29, 1.82) is 0 Å². The second kappa shape index (κ2) is 4.20. The zero-order valence-electron chi connectivity index (χ0n) is 13.8. The summed E-state index contributed by atoms with van der Waals surface area (Å²) in [5.74, 6) is 1.79. The zero-order chi connectivity index (χ0) is 16.8. The van der Waals surface area contributed by atoms with Crippen LogP contribution >= 0.6 is 0 Å². The molecule has 4 fully saturated rings. The van der Waals surface area contributed by atoms with E-state index < -0.39 is 5.41 Å². The number of amides is 1. The quantitative estimate of drug-likeness (QED) is 0.744. The third kappa shape index (κ3) is 1.61. The highest BCUT2D eigenvalue weighted by Crippen LogP contribution is 2.64. The van der Waals surface area contributed by atoms with Crippen LogP contribution in [0.5, 0.6) is 0 Å². The van der Waals surface area contributed by atoms with Crippen molar-refractivity contribution in [3.05, 3.63) is 30.7 Å². The van der Waals surface area contributed by atoms with Crippen LogP contribution in [0.1, 0.15) is 37.9 Å². The monoisotopic (exact) mass is 335 g/mol. The van der Waals surface area contributed by atoms with E-state index in [1.165, 1.54) is 6.42 Å². The highest BCUT2D eigenvalue weighted by Gasteiger charge is 2.62. The number of fused-ring (bicyclic) bond motifs is 3. The van der Waals surface area contributed by atoms with Gasteiger partial charge in [-0.1, -0.05) is 0 Å². The summed E-state index contributed by atoms with van der Waals surface area (Å²) in [6.07, 6.45) is 10.8. The first-order chi connectivity index (χ1) is 12.1. The molecule has 0 spiro atoms. The number of aromatic amines is 1. The molecular formula is C18H19N6O. The highest BCUT2D eigenvalue weighted by atomic mass is 16.1. The van der Waals surface area contributed by atoms with Gasteiger partial charge in [0.05, 0.1) is 17.1 Å². The van der Waals surface area contributed by atoms with E-state index in [9.17, 15) is 4.79 Å². The Balaban J connectivity index is 1.61. The number of hydrogen-bond acceptors (Lipinski definition) is 4. The summed E-state index contributed by atoms with van der Waals surface area (Å²) in [6.45, 7) is 0. The molecule has 0 aromatic carbocycles. The minimum atomic E-state index is -0.472. The summed E-state index contributed by atoms with van der Waals surface area (Å²) >= 11 is 0. The normalized spacial score (nSPS) is 36.5. The molecule has 4 aliphatic carbocycles. The molecule has 1 radical (unpaired) electrons. The number of carbonyl (C=O) groups is 1. The van der Waals surface area contributed by atoms with Crippen LogP contribution in [-0.4, -0.2) is 30.5 Å². The molecule has 4 bridgehead atoms. The number of aromatic nitrogens is 5. The van der Waals surface area contributed by atoms with Crippen LogP contribution in [0.15, 0.2) is 18.5 Å². The van der Waals surface area contributed by atoms with E-state index in [0.29, 0.717) is 11.8 Å². The van der Waals surface area contributed by atoms with Gasteiger partial charge in [0.15, 0.2) is 11.3 Å². The predicted molar refractivity (Wildman–Crippen MR) is 90.3 cm³/mol. The van der Waals surface area contributed by atoms with Crippen molar-refractivity contribution in [3.63, 3.8) is 0 Å². The second-order valence-electron chi connectivity index (χ2n) is 8.31. The van der Waals surface area contributed by atoms with E-state index in [2.05, 4.69) is 31.0 Å². The van der Waals surface area contributed by atoms with E-state index in [0.717, 1.165) is 48.3 Å². The number of nitrogens with one attached hydrogen (secondary N) is 1. The Hall–Kier alpha value is -2.44. The van der Waals surface area contributed by atoms with Crippen LogP contribution in [0, 0.1) is 23.7 Å². The molecule has 4 aliphatic rings. The van der Waals surface area contributed by atoms with Gasteiger partial charge in [-0.2, -0.15) is 0 Å². The van der Waals surface area contributed by atoms with E-state index in [-0.39, 0.29) is 11.3 Å². The lowest BCUT2D eigenvalue weighted by molar-refractivity contribution is -0.137. The molecule has 3 N–H and O–H groups in total. The maximum absolute atomic E-state index is 12.3. The fraction of sp³-hybridized carbons (Fsp3) is 0.500. The minimum absolute atomic E-state index is 0.124. The Morgan fingerprint density at radius 3 is 3.08 bits per heavy atom. The van der Waals surface area contributed by atoms with Gasteiger partial charge in [-0.3, -0.25) is 9.20 Å². The number of primary amides is 1. The highest BCUT2D eigenvalue weighted by molar-refractivity contribution is 5.83. The van der Waals surface area contributed by atoms with E-state index in [1.807, 2.05) is 12.3 Å². The van der Waals surface area contributed by atoms with Crippen LogP contribution in [-0.2, 0) is 10.2 Å². The lowest BCUT2D eigenvalue weighted by atomic mass is 9.43. The number of carbonyl (C=O) groups excluding carboxylic acids is 1. The van der Waals surface area contributed by atoms with Gasteiger partial charge in [-0.05, 0) is 56.4 Å². The van der Waals surface area contributed by atoms with Gasteiger partial charge in [-0.25, -0.2) is 4.98 Å². The van der Waals surface area contributed by atoms with Crippen LogP contribution in [0.2, 0.25) is 0 Å². The Morgan fingerprint density at radius 2 is 2.24 bits per heavy atom. The zero-order valence-corrected chi connectivity index (χ0v) is 13.8. The van der Waals surface area contributed by atoms with Crippen molar-refractivity contribution in [2.24, 2.45) is 23.0 Å². The Labute approximate surface area is 144 Å². The minimum Gasteiger partial charge on any atom is -0.369 e. The van der Waals surface area contributed by atoms with Crippen LogP contribution in [0.3, 0.4) is 0 Å². The van der Waals surface area contributed by atoms with Crippen LogP contribution < -0.4 is 5.73 Å². The second-order valence-corrected chi connectivity index (χ2v) is 8.31. The molecule has 3 heterocycles. The van der Waals surface area contributed by atoms with Crippen molar-refractivity contribution in [3.8, 4) is 0 Å². The van der Waals surface area contributed by atoms with Crippen molar-refractivity contribution in [2.75, 3.05) is 0 Å². The molecular weight excluding hydrogens is 316 g/mol. The van der Waals surface area contributed by atoms with Crippen molar-refractivity contribution >= 4 is 22.7 Å². The molecule has 3 aromatic rings. The smallest absolute Gasteiger partial charge is 0.223 e. The van der Waals surface area contributed by atoms with Crippen LogP contribution in [0.4, 0.5) is 0 Å². The summed E-state index contributed by atoms with van der Waals surface area (Å²) in [6, 6.07) is 2.01. The van der Waals surface area contributed by atoms with Crippen molar-refractivity contribution in [2.45, 2.75) is 37.5 Å². The standard InChI is InChI=1S/C18H19N6O/c19-15(25)17-4-10-3-11(5-17)7-18(6-10,9-17)16-23-22-13-8-21-14-12(24(13)16)1-2-20-14/h1-2,4,8,10-11,20H,3,5-7,9H2,(H2,19,25)/t10-,11+,17?,18?/m0/s1. The molecule has 1 amide bonds. The van der Waals surface area contributed by atoms with E-state index in [1.54, 1.807) is 6.20 Å². The van der Waals surface area contributed by atoms with Crippen LogP contribution in [0.25, 0.3) is 16.8 Å². The molecule has 3 aromatic heterocycles. The summed E-state index contributed by atoms with van der Waals surface area (Å²) in [5, 5.41) is 8.98. The van der Waals surface area contributed by atoms with Gasteiger partial charge >= 0.3 is 0 Å². The van der Waals surface area contributed by atoms with Gasteiger partial charge in [-0.15, -0.1) is 10.2 Å². The Bertz CT molecular complexity index is 1020. The number of hydrogen-bond donors (Lipinski definition) is 2. The van der Waals surface area contributed by atoms with Gasteiger partial charge < -0.3 is 10.7 Å². The maximum atomic E-state index is 12.3. The molecule has 127 valence electrons. The maximum Gasteiger partial charge on any atom is 0.223 e. The Kier molecular flexibility index (Phi) is 2.32. The molecule has 2 unspecified atom stereocenters. The SMILES string of the molecule is NC(=O)C12[CH][C@@H]3C[C@H](C1)CC(c1nnc4cnc5[nH]ccc5n14)(C3)C2. The molecule has 25 heavy (non-hydrogen) atoms. The lowest BCUT2D eigenvalue weighted by Crippen LogP contribution is -2.59. The first-order valence-electron chi connectivity index (χ1n) is 8.92. The molecule has 4 atom stereocenters. The summed E-state index contributed by atoms with van der Waals surface area (Å²) in [5.41, 5.74) is 7.84. The topological polar surface area (TPSA) is 102 Å². The largest absolute Gasteiger partial charge is 0.369 e. The lowest BCUT2D eigenvalue weighted by Gasteiger charge is -2.60. The molecule has 4 saturated carbocycles. The first kappa shape index (κ1) is 13.8. The van der Waals surface area contributed by atoms with Gasteiger partial charge in [0.2, 0.25) is 5.91 Å². The van der Waals surface area contributed by atoms with Crippen molar-refractivity contribution in [1.82, 2.24) is 24.6 Å². The first-order valence-corrected chi connectivity index (χ1v) is 8.92. The fourth-order valence-corrected chi connectivity index (χ4v) is 6.18. The summed E-state index contributed by atoms with van der Waals surface area (Å²) < 4.78 is 2.13. The average Bonchev–Trinajstić information content (AvgIpc) is 3.19. The molecule has 7 rings (SSSR count). The molecule has 0 aliphatic heterocycles. The number of H-pyrrole nitrogens is 1. The Morgan fingerprint density at radius 1 is 1.32 bits per heavy atom. The van der Waals surface area contributed by atoms with Gasteiger partial charge in [0.25, 0.3) is 0 Å². The number of nitrogens with two attached hydrogens (primary N) is 1. The molecule has 7 heteroatoms. The fourth-order valence-electron chi connectivity index (χ4n) is 6.18. The third-order valence-electron chi connectivity index (χ3n) is 6.74. The summed E-state index contributed by atoms with van der Waals surface area (Å²) in [7, 11) is 0. The average molecular weight is 335 g/mol. The third-order valence-corrected chi connectivity index (χ3v) is 6.74. The van der Waals surface area contributed by atoms with Crippen molar-refractivity contribution < 1.29 is 4.79 Å². The van der Waals surface area contributed by atoms with E-state index >= 15 is 0 Å². The number of rotatable bonds is 2. The van der Waals surface area contributed by atoms with Gasteiger partial charge in [0.1, 0.15) is 5.82 Å². The predicted octanol–water partition coefficient (Wildman–Crippen LogP) is 1.74.